The molecule has 3 rings (SSSR count). The number of aryl methyl sites for hydroxylation is 1. The number of halogens is 1. The monoisotopic (exact) mass is 507 g/mol. The van der Waals surface area contributed by atoms with E-state index in [9.17, 15) is 0 Å². The molecule has 28 heavy (non-hydrogen) atoms. The smallest absolute Gasteiger partial charge is 0.193 e. The Morgan fingerprint density at radius 3 is 2.68 bits per heavy atom. The van der Waals surface area contributed by atoms with Crippen molar-refractivity contribution in [3.63, 3.8) is 0 Å². The molecule has 2 aliphatic rings. The zero-order valence-electron chi connectivity index (χ0n) is 17.1. The number of aliphatic imine (C=N–C) groups is 1. The number of nitrogens with zero attached hydrogens (tertiary/aromatic N) is 4. The summed E-state index contributed by atoms with van der Waals surface area (Å²) in [5.74, 6) is 1.85. The minimum absolute atomic E-state index is 0. The van der Waals surface area contributed by atoms with E-state index in [1.54, 1.807) is 0 Å². The molecule has 0 aromatic carbocycles. The van der Waals surface area contributed by atoms with E-state index >= 15 is 0 Å². The number of guanidine groups is 1. The van der Waals surface area contributed by atoms with E-state index < -0.39 is 0 Å². The van der Waals surface area contributed by atoms with E-state index in [4.69, 9.17) is 14.0 Å². The van der Waals surface area contributed by atoms with Gasteiger partial charge in [-0.2, -0.15) is 0 Å². The van der Waals surface area contributed by atoms with Crippen LogP contribution < -0.4 is 5.32 Å². The minimum atomic E-state index is 0. The first-order valence-electron chi connectivity index (χ1n) is 10.0. The third-order valence-electron chi connectivity index (χ3n) is 5.07. The summed E-state index contributed by atoms with van der Waals surface area (Å²) in [4.78, 5) is 9.17. The Hall–Kier alpha value is -0.910. The van der Waals surface area contributed by atoms with Crippen molar-refractivity contribution in [2.75, 3.05) is 59.6 Å². The highest BCUT2D eigenvalue weighted by atomic mass is 127. The zero-order valence-corrected chi connectivity index (χ0v) is 19.4. The summed E-state index contributed by atoms with van der Waals surface area (Å²) in [6.07, 6.45) is 3.40. The SMILES string of the molecule is CN=C(NCCCOC1CCOCC1)N1CCN(Cc2cc(C)on2)CC1.I. The maximum absolute atomic E-state index is 5.92. The highest BCUT2D eigenvalue weighted by Gasteiger charge is 2.20. The van der Waals surface area contributed by atoms with Crippen LogP contribution in [0.4, 0.5) is 0 Å². The molecule has 0 spiro atoms. The molecule has 0 atom stereocenters. The van der Waals surface area contributed by atoms with Crippen molar-refractivity contribution in [2.45, 2.75) is 38.8 Å². The van der Waals surface area contributed by atoms with Gasteiger partial charge in [0, 0.05) is 72.2 Å². The summed E-state index contributed by atoms with van der Waals surface area (Å²) in [5, 5.41) is 7.56. The third-order valence-corrected chi connectivity index (χ3v) is 5.07. The van der Waals surface area contributed by atoms with E-state index in [0.717, 1.165) is 95.8 Å². The summed E-state index contributed by atoms with van der Waals surface area (Å²) in [7, 11) is 1.85. The first-order valence-corrected chi connectivity index (χ1v) is 10.0. The van der Waals surface area contributed by atoms with Gasteiger partial charge in [0.2, 0.25) is 0 Å². The van der Waals surface area contributed by atoms with Crippen LogP contribution in [0.2, 0.25) is 0 Å². The van der Waals surface area contributed by atoms with E-state index in [0.29, 0.717) is 6.10 Å². The predicted molar refractivity (Wildman–Crippen MR) is 119 cm³/mol. The molecule has 1 aromatic rings. The summed E-state index contributed by atoms with van der Waals surface area (Å²) in [6, 6.07) is 2.01. The molecule has 0 amide bonds. The predicted octanol–water partition coefficient (Wildman–Crippen LogP) is 1.88. The molecular formula is C19H34IN5O3. The number of hydrogen-bond donors (Lipinski definition) is 1. The lowest BCUT2D eigenvalue weighted by molar-refractivity contribution is -0.0320. The van der Waals surface area contributed by atoms with Gasteiger partial charge in [0.1, 0.15) is 5.76 Å². The Bertz CT molecular complexity index is 584. The molecule has 0 unspecified atom stereocenters. The fraction of sp³-hybridized carbons (Fsp3) is 0.789. The summed E-state index contributed by atoms with van der Waals surface area (Å²) in [5.41, 5.74) is 1.01. The Morgan fingerprint density at radius 2 is 2.04 bits per heavy atom. The maximum Gasteiger partial charge on any atom is 0.193 e. The molecule has 0 aliphatic carbocycles. The van der Waals surface area contributed by atoms with Gasteiger partial charge in [-0.3, -0.25) is 9.89 Å². The minimum Gasteiger partial charge on any atom is -0.381 e. The zero-order chi connectivity index (χ0) is 18.9. The fourth-order valence-corrected chi connectivity index (χ4v) is 3.54. The van der Waals surface area contributed by atoms with E-state index in [-0.39, 0.29) is 24.0 Å². The van der Waals surface area contributed by atoms with Gasteiger partial charge in [-0.05, 0) is 26.2 Å². The molecular weight excluding hydrogens is 473 g/mol. The molecule has 0 radical (unpaired) electrons. The van der Waals surface area contributed by atoms with Crippen LogP contribution in [0.3, 0.4) is 0 Å². The first kappa shape index (κ1) is 23.4. The van der Waals surface area contributed by atoms with E-state index in [1.807, 2.05) is 20.0 Å². The van der Waals surface area contributed by atoms with Crippen molar-refractivity contribution in [3.8, 4) is 0 Å². The molecule has 3 heterocycles. The van der Waals surface area contributed by atoms with Gasteiger partial charge in [-0.25, -0.2) is 0 Å². The molecule has 0 bridgehead atoms. The van der Waals surface area contributed by atoms with Crippen LogP contribution >= 0.6 is 24.0 Å². The Kier molecular flexibility index (Phi) is 10.5. The average Bonchev–Trinajstić information content (AvgIpc) is 3.11. The van der Waals surface area contributed by atoms with Gasteiger partial charge in [0.05, 0.1) is 11.8 Å². The van der Waals surface area contributed by atoms with E-state index in [1.165, 1.54) is 0 Å². The summed E-state index contributed by atoms with van der Waals surface area (Å²) in [6.45, 7) is 10.0. The van der Waals surface area contributed by atoms with Gasteiger partial charge in [0.15, 0.2) is 5.96 Å². The van der Waals surface area contributed by atoms with Gasteiger partial charge >= 0.3 is 0 Å². The van der Waals surface area contributed by atoms with Crippen LogP contribution in [-0.2, 0) is 16.0 Å². The van der Waals surface area contributed by atoms with Crippen molar-refractivity contribution < 1.29 is 14.0 Å². The molecule has 160 valence electrons. The van der Waals surface area contributed by atoms with Crippen LogP contribution in [0, 0.1) is 6.92 Å². The van der Waals surface area contributed by atoms with Crippen molar-refractivity contribution in [3.05, 3.63) is 17.5 Å². The molecule has 8 nitrogen and oxygen atoms in total. The molecule has 2 saturated heterocycles. The lowest BCUT2D eigenvalue weighted by Crippen LogP contribution is -2.52. The largest absolute Gasteiger partial charge is 0.381 e. The topological polar surface area (TPSA) is 75.4 Å². The quantitative estimate of drug-likeness (QED) is 0.262. The van der Waals surface area contributed by atoms with Gasteiger partial charge in [-0.1, -0.05) is 5.16 Å². The van der Waals surface area contributed by atoms with Crippen LogP contribution in [0.1, 0.15) is 30.7 Å². The number of nitrogens with one attached hydrogen (secondary N) is 1. The Labute approximate surface area is 185 Å². The van der Waals surface area contributed by atoms with Gasteiger partial charge < -0.3 is 24.2 Å². The highest BCUT2D eigenvalue weighted by molar-refractivity contribution is 14.0. The Morgan fingerprint density at radius 1 is 1.29 bits per heavy atom. The van der Waals surface area contributed by atoms with Crippen molar-refractivity contribution in [2.24, 2.45) is 4.99 Å². The van der Waals surface area contributed by atoms with Crippen LogP contribution in [0.5, 0.6) is 0 Å². The second-order valence-electron chi connectivity index (χ2n) is 7.20. The van der Waals surface area contributed by atoms with Gasteiger partial charge in [-0.15, -0.1) is 24.0 Å². The molecule has 2 fully saturated rings. The Balaban J connectivity index is 0.00000280. The second-order valence-corrected chi connectivity index (χ2v) is 7.20. The van der Waals surface area contributed by atoms with Crippen LogP contribution in [0.25, 0.3) is 0 Å². The first-order chi connectivity index (χ1) is 13.2. The molecule has 2 aliphatic heterocycles. The van der Waals surface area contributed by atoms with E-state index in [2.05, 4.69) is 25.3 Å². The van der Waals surface area contributed by atoms with Crippen molar-refractivity contribution in [1.82, 2.24) is 20.3 Å². The lowest BCUT2D eigenvalue weighted by Gasteiger charge is -2.36. The molecule has 1 aromatic heterocycles. The summed E-state index contributed by atoms with van der Waals surface area (Å²) < 4.78 is 16.4. The number of rotatable bonds is 7. The number of piperazine rings is 1. The lowest BCUT2D eigenvalue weighted by atomic mass is 10.1. The fourth-order valence-electron chi connectivity index (χ4n) is 3.54. The van der Waals surface area contributed by atoms with Crippen molar-refractivity contribution >= 4 is 29.9 Å². The summed E-state index contributed by atoms with van der Waals surface area (Å²) >= 11 is 0. The molecule has 9 heteroatoms. The van der Waals surface area contributed by atoms with Crippen LogP contribution in [0.15, 0.2) is 15.6 Å². The number of aromatic nitrogens is 1. The normalized spacial score (nSPS) is 19.5. The standard InChI is InChI=1S/C19H33N5O3.HI/c1-16-14-17(22-27-16)15-23-7-9-24(10-8-23)19(20-2)21-6-3-11-26-18-4-12-25-13-5-18;/h14,18H,3-13,15H2,1-2H3,(H,20,21);1H. The second kappa shape index (κ2) is 12.6. The number of ether oxygens (including phenoxy) is 2. The van der Waals surface area contributed by atoms with Crippen LogP contribution in [-0.4, -0.2) is 86.6 Å². The third kappa shape index (κ3) is 7.49. The maximum atomic E-state index is 5.92. The average molecular weight is 507 g/mol. The molecule has 1 N–H and O–H groups in total. The number of hydrogen-bond acceptors (Lipinski definition) is 6. The van der Waals surface area contributed by atoms with Gasteiger partial charge in [0.25, 0.3) is 0 Å². The molecule has 0 saturated carbocycles. The highest BCUT2D eigenvalue weighted by Crippen LogP contribution is 2.11. The van der Waals surface area contributed by atoms with Crippen molar-refractivity contribution in [1.29, 1.82) is 0 Å².